The molecule has 1 aliphatic heterocycles. The fourth-order valence-electron chi connectivity index (χ4n) is 3.13. The lowest BCUT2D eigenvalue weighted by atomic mass is 9.96. The number of pyridine rings is 1. The van der Waals surface area contributed by atoms with E-state index in [0.29, 0.717) is 19.0 Å². The van der Waals surface area contributed by atoms with Crippen molar-refractivity contribution < 1.29 is 9.59 Å². The van der Waals surface area contributed by atoms with E-state index >= 15 is 0 Å². The highest BCUT2D eigenvalue weighted by molar-refractivity contribution is 6.35. The summed E-state index contributed by atoms with van der Waals surface area (Å²) in [6, 6.07) is 13.6. The number of amides is 2. The first-order chi connectivity index (χ1) is 12.7. The topological polar surface area (TPSA) is 74.3 Å². The Hall–Kier alpha value is -2.89. The average Bonchev–Trinajstić information content (AvgIpc) is 2.72. The van der Waals surface area contributed by atoms with E-state index in [1.165, 1.54) is 5.69 Å². The van der Waals surface area contributed by atoms with Gasteiger partial charge in [-0.05, 0) is 36.5 Å². The third-order valence-corrected chi connectivity index (χ3v) is 4.70. The Morgan fingerprint density at radius 1 is 0.962 bits per heavy atom. The number of anilines is 1. The predicted molar refractivity (Wildman–Crippen MR) is 100 cm³/mol. The average molecular weight is 352 g/mol. The van der Waals surface area contributed by atoms with Gasteiger partial charge < -0.3 is 15.5 Å². The van der Waals surface area contributed by atoms with Crippen molar-refractivity contribution in [1.82, 2.24) is 15.6 Å². The highest BCUT2D eigenvalue weighted by atomic mass is 16.2. The first-order valence-corrected chi connectivity index (χ1v) is 8.97. The molecule has 0 spiro atoms. The number of carbonyl (C=O) groups excluding carboxylic acids is 2. The molecule has 0 unspecified atom stereocenters. The summed E-state index contributed by atoms with van der Waals surface area (Å²) in [6.45, 7) is 2.80. The molecule has 1 aliphatic rings. The smallest absolute Gasteiger partial charge is 0.309 e. The van der Waals surface area contributed by atoms with Crippen LogP contribution in [0.5, 0.6) is 0 Å². The van der Waals surface area contributed by atoms with Crippen molar-refractivity contribution in [2.45, 2.75) is 19.4 Å². The van der Waals surface area contributed by atoms with Crippen LogP contribution in [0.2, 0.25) is 0 Å². The summed E-state index contributed by atoms with van der Waals surface area (Å²) in [5.74, 6) is -0.737. The van der Waals surface area contributed by atoms with Gasteiger partial charge in [-0.2, -0.15) is 0 Å². The second-order valence-corrected chi connectivity index (χ2v) is 6.51. The molecule has 1 fully saturated rings. The third-order valence-electron chi connectivity index (χ3n) is 4.70. The number of hydrogen-bond acceptors (Lipinski definition) is 4. The first kappa shape index (κ1) is 17.9. The van der Waals surface area contributed by atoms with Crippen LogP contribution in [0.25, 0.3) is 0 Å². The van der Waals surface area contributed by atoms with E-state index in [1.807, 2.05) is 42.5 Å². The Morgan fingerprint density at radius 2 is 1.62 bits per heavy atom. The van der Waals surface area contributed by atoms with Crippen molar-refractivity contribution in [3.8, 4) is 0 Å². The van der Waals surface area contributed by atoms with Crippen molar-refractivity contribution in [3.05, 3.63) is 60.4 Å². The maximum Gasteiger partial charge on any atom is 0.309 e. The quantitative estimate of drug-likeness (QED) is 0.804. The van der Waals surface area contributed by atoms with Gasteiger partial charge in [-0.1, -0.05) is 30.3 Å². The maximum atomic E-state index is 12.0. The van der Waals surface area contributed by atoms with Gasteiger partial charge >= 0.3 is 11.8 Å². The fraction of sp³-hybridized carbons (Fsp3) is 0.350. The Kier molecular flexibility index (Phi) is 6.19. The SMILES string of the molecule is O=C(NCc1ccccc1)C(=O)NCC1CCN(c2ccncc2)CC1. The Labute approximate surface area is 153 Å². The van der Waals surface area contributed by atoms with Crippen molar-refractivity contribution in [2.75, 3.05) is 24.5 Å². The minimum absolute atomic E-state index is 0.359. The summed E-state index contributed by atoms with van der Waals surface area (Å²) < 4.78 is 0. The van der Waals surface area contributed by atoms with E-state index in [1.54, 1.807) is 12.4 Å². The summed E-state index contributed by atoms with van der Waals surface area (Å²) in [4.78, 5) is 30.2. The largest absolute Gasteiger partial charge is 0.371 e. The molecule has 2 heterocycles. The number of carbonyl (C=O) groups is 2. The van der Waals surface area contributed by atoms with E-state index in [2.05, 4.69) is 20.5 Å². The summed E-state index contributed by atoms with van der Waals surface area (Å²) in [5.41, 5.74) is 2.15. The van der Waals surface area contributed by atoms with Crippen LogP contribution < -0.4 is 15.5 Å². The van der Waals surface area contributed by atoms with E-state index in [9.17, 15) is 9.59 Å². The molecule has 6 heteroatoms. The van der Waals surface area contributed by atoms with Gasteiger partial charge in [0.1, 0.15) is 0 Å². The molecule has 1 saturated heterocycles. The number of benzene rings is 1. The Bertz CT molecular complexity index is 713. The van der Waals surface area contributed by atoms with Crippen LogP contribution in [-0.2, 0) is 16.1 Å². The standard InChI is InChI=1S/C20H24N4O2/c25-19(22-14-16-4-2-1-3-5-16)20(26)23-15-17-8-12-24(13-9-17)18-6-10-21-11-7-18/h1-7,10-11,17H,8-9,12-15H2,(H,22,25)(H,23,26). The molecule has 2 aromatic rings. The van der Waals surface area contributed by atoms with Gasteiger partial charge in [0, 0.05) is 44.3 Å². The normalized spacial score (nSPS) is 14.7. The molecule has 26 heavy (non-hydrogen) atoms. The van der Waals surface area contributed by atoms with Crippen LogP contribution in [0.4, 0.5) is 5.69 Å². The number of hydrogen-bond donors (Lipinski definition) is 2. The lowest BCUT2D eigenvalue weighted by Gasteiger charge is -2.33. The van der Waals surface area contributed by atoms with Crippen molar-refractivity contribution in [3.63, 3.8) is 0 Å². The molecule has 1 aromatic heterocycles. The molecule has 0 atom stereocenters. The van der Waals surface area contributed by atoms with Crippen LogP contribution in [0.1, 0.15) is 18.4 Å². The fourth-order valence-corrected chi connectivity index (χ4v) is 3.13. The summed E-state index contributed by atoms with van der Waals surface area (Å²) in [5, 5.41) is 5.41. The second kappa shape index (κ2) is 8.99. The number of nitrogens with zero attached hydrogens (tertiary/aromatic N) is 2. The molecule has 0 bridgehead atoms. The second-order valence-electron chi connectivity index (χ2n) is 6.51. The molecule has 2 amide bonds. The molecule has 0 saturated carbocycles. The minimum Gasteiger partial charge on any atom is -0.371 e. The zero-order valence-electron chi connectivity index (χ0n) is 14.7. The first-order valence-electron chi connectivity index (χ1n) is 8.97. The molecule has 6 nitrogen and oxygen atoms in total. The molecular weight excluding hydrogens is 328 g/mol. The highest BCUT2D eigenvalue weighted by Crippen LogP contribution is 2.22. The highest BCUT2D eigenvalue weighted by Gasteiger charge is 2.21. The van der Waals surface area contributed by atoms with E-state index in [0.717, 1.165) is 31.5 Å². The molecule has 1 aromatic carbocycles. The van der Waals surface area contributed by atoms with Crippen LogP contribution in [0.3, 0.4) is 0 Å². The van der Waals surface area contributed by atoms with Gasteiger partial charge in [0.05, 0.1) is 0 Å². The van der Waals surface area contributed by atoms with Gasteiger partial charge in [0.2, 0.25) is 0 Å². The van der Waals surface area contributed by atoms with Gasteiger partial charge in [-0.3, -0.25) is 14.6 Å². The Morgan fingerprint density at radius 3 is 2.31 bits per heavy atom. The molecular formula is C20H24N4O2. The van der Waals surface area contributed by atoms with Gasteiger partial charge in [-0.25, -0.2) is 0 Å². The lowest BCUT2D eigenvalue weighted by Crippen LogP contribution is -2.43. The lowest BCUT2D eigenvalue weighted by molar-refractivity contribution is -0.139. The molecule has 0 radical (unpaired) electrons. The summed E-state index contributed by atoms with van der Waals surface area (Å²) >= 11 is 0. The Balaban J connectivity index is 1.36. The van der Waals surface area contributed by atoms with Crippen LogP contribution in [0.15, 0.2) is 54.9 Å². The van der Waals surface area contributed by atoms with Crippen molar-refractivity contribution in [1.29, 1.82) is 0 Å². The monoisotopic (exact) mass is 352 g/mol. The van der Waals surface area contributed by atoms with Crippen LogP contribution in [-0.4, -0.2) is 36.4 Å². The van der Waals surface area contributed by atoms with Crippen LogP contribution >= 0.6 is 0 Å². The van der Waals surface area contributed by atoms with Gasteiger partial charge in [0.25, 0.3) is 0 Å². The summed E-state index contributed by atoms with van der Waals surface area (Å²) in [7, 11) is 0. The van der Waals surface area contributed by atoms with Crippen LogP contribution in [0, 0.1) is 5.92 Å². The number of rotatable bonds is 5. The van der Waals surface area contributed by atoms with Crippen molar-refractivity contribution in [2.24, 2.45) is 5.92 Å². The number of piperidine rings is 1. The molecule has 136 valence electrons. The molecule has 2 N–H and O–H groups in total. The summed E-state index contributed by atoms with van der Waals surface area (Å²) in [6.07, 6.45) is 5.59. The van der Waals surface area contributed by atoms with E-state index < -0.39 is 11.8 Å². The van der Waals surface area contributed by atoms with Gasteiger partial charge in [-0.15, -0.1) is 0 Å². The number of aromatic nitrogens is 1. The van der Waals surface area contributed by atoms with Crippen molar-refractivity contribution >= 4 is 17.5 Å². The molecule has 0 aliphatic carbocycles. The predicted octanol–water partition coefficient (Wildman–Crippen LogP) is 1.73. The zero-order valence-corrected chi connectivity index (χ0v) is 14.7. The van der Waals surface area contributed by atoms with Gasteiger partial charge in [0.15, 0.2) is 0 Å². The zero-order chi connectivity index (χ0) is 18.2. The molecule has 3 rings (SSSR count). The minimum atomic E-state index is -0.580. The maximum absolute atomic E-state index is 12.0. The van der Waals surface area contributed by atoms with E-state index in [4.69, 9.17) is 0 Å². The van der Waals surface area contributed by atoms with E-state index in [-0.39, 0.29) is 0 Å². The number of nitrogens with one attached hydrogen (secondary N) is 2. The third kappa shape index (κ3) is 5.05.